The van der Waals surface area contributed by atoms with Crippen molar-refractivity contribution in [1.82, 2.24) is 5.43 Å². The van der Waals surface area contributed by atoms with Gasteiger partial charge in [-0.05, 0) is 29.8 Å². The van der Waals surface area contributed by atoms with Crippen LogP contribution in [-0.2, 0) is 14.8 Å². The molecule has 2 aromatic carbocycles. The number of para-hydroxylation sites is 1. The van der Waals surface area contributed by atoms with Gasteiger partial charge in [-0.1, -0.05) is 18.2 Å². The van der Waals surface area contributed by atoms with E-state index in [0.717, 1.165) is 10.6 Å². The van der Waals surface area contributed by atoms with Crippen molar-refractivity contribution >= 4 is 33.5 Å². The van der Waals surface area contributed by atoms with Crippen LogP contribution in [0.25, 0.3) is 0 Å². The van der Waals surface area contributed by atoms with Gasteiger partial charge >= 0.3 is 0 Å². The van der Waals surface area contributed by atoms with Crippen LogP contribution in [0.15, 0.2) is 59.7 Å². The van der Waals surface area contributed by atoms with Crippen molar-refractivity contribution in [1.29, 1.82) is 0 Å². The summed E-state index contributed by atoms with van der Waals surface area (Å²) in [6.45, 7) is -0.430. The average molecular weight is 376 g/mol. The third-order valence-corrected chi connectivity index (χ3v) is 4.38. The summed E-state index contributed by atoms with van der Waals surface area (Å²) in [5, 5.41) is 14.3. The molecule has 9 nitrogen and oxygen atoms in total. The Kier molecular flexibility index (Phi) is 6.02. The molecule has 0 fully saturated rings. The Morgan fingerprint density at radius 3 is 2.35 bits per heavy atom. The molecular formula is C16H16N4O5S. The van der Waals surface area contributed by atoms with Crippen molar-refractivity contribution in [2.45, 2.75) is 0 Å². The Bertz CT molecular complexity index is 911. The summed E-state index contributed by atoms with van der Waals surface area (Å²) in [6, 6.07) is 13.8. The molecule has 0 radical (unpaired) electrons. The summed E-state index contributed by atoms with van der Waals surface area (Å²) < 4.78 is 24.8. The van der Waals surface area contributed by atoms with Crippen LogP contribution in [0.4, 0.5) is 11.4 Å². The summed E-state index contributed by atoms with van der Waals surface area (Å²) in [5.74, 6) is -0.627. The summed E-state index contributed by atoms with van der Waals surface area (Å²) >= 11 is 0. The number of hydrazone groups is 1. The normalized spacial score (nSPS) is 11.3. The molecule has 26 heavy (non-hydrogen) atoms. The third kappa shape index (κ3) is 5.38. The second-order valence-electron chi connectivity index (χ2n) is 5.25. The number of nitrogens with one attached hydrogen (secondary N) is 1. The second kappa shape index (κ2) is 8.21. The Morgan fingerprint density at radius 1 is 1.19 bits per heavy atom. The van der Waals surface area contributed by atoms with Crippen LogP contribution in [0.3, 0.4) is 0 Å². The molecule has 0 spiro atoms. The highest BCUT2D eigenvalue weighted by molar-refractivity contribution is 7.92. The number of sulfonamides is 1. The number of nitro benzene ring substituents is 1. The molecule has 0 aromatic heterocycles. The fraction of sp³-hybridized carbons (Fsp3) is 0.125. The fourth-order valence-corrected chi connectivity index (χ4v) is 2.88. The lowest BCUT2D eigenvalue weighted by atomic mass is 10.2. The molecule has 136 valence electrons. The molecule has 0 aliphatic rings. The van der Waals surface area contributed by atoms with Crippen LogP contribution in [-0.4, -0.2) is 38.3 Å². The second-order valence-corrected chi connectivity index (χ2v) is 7.15. The number of hydrogen-bond acceptors (Lipinski definition) is 6. The number of nitro groups is 1. The lowest BCUT2D eigenvalue weighted by Crippen LogP contribution is -2.38. The number of hydrogen-bond donors (Lipinski definition) is 1. The third-order valence-electron chi connectivity index (χ3n) is 3.24. The summed E-state index contributed by atoms with van der Waals surface area (Å²) in [7, 11) is -3.65. The van der Waals surface area contributed by atoms with Crippen LogP contribution in [0.1, 0.15) is 5.56 Å². The van der Waals surface area contributed by atoms with Crippen molar-refractivity contribution in [2.75, 3.05) is 17.1 Å². The molecule has 1 N–H and O–H groups in total. The average Bonchev–Trinajstić information content (AvgIpc) is 2.60. The molecule has 0 saturated carbocycles. The van der Waals surface area contributed by atoms with Crippen molar-refractivity contribution in [2.24, 2.45) is 5.10 Å². The number of anilines is 1. The lowest BCUT2D eigenvalue weighted by Gasteiger charge is -2.21. The molecule has 0 saturated heterocycles. The van der Waals surface area contributed by atoms with E-state index < -0.39 is 27.4 Å². The highest BCUT2D eigenvalue weighted by atomic mass is 32.2. The van der Waals surface area contributed by atoms with Crippen molar-refractivity contribution < 1.29 is 18.1 Å². The smallest absolute Gasteiger partial charge is 0.269 e. The Labute approximate surface area is 150 Å². The standard InChI is InChI=1S/C16H16N4O5S/c1-26(24,25)19(14-5-3-2-4-6-14)12-16(21)18-17-11-13-7-9-15(10-8-13)20(22)23/h2-11H,12H2,1H3,(H,18,21)/b17-11-. The number of benzene rings is 2. The largest absolute Gasteiger partial charge is 0.271 e. The molecule has 0 aliphatic heterocycles. The van der Waals surface area contributed by atoms with Crippen LogP contribution < -0.4 is 9.73 Å². The summed E-state index contributed by atoms with van der Waals surface area (Å²) in [6.07, 6.45) is 2.31. The highest BCUT2D eigenvalue weighted by Crippen LogP contribution is 2.16. The maximum Gasteiger partial charge on any atom is 0.269 e. The fourth-order valence-electron chi connectivity index (χ4n) is 2.02. The lowest BCUT2D eigenvalue weighted by molar-refractivity contribution is -0.384. The van der Waals surface area contributed by atoms with Gasteiger partial charge in [-0.2, -0.15) is 5.10 Å². The van der Waals surface area contributed by atoms with Crippen LogP contribution >= 0.6 is 0 Å². The zero-order chi connectivity index (χ0) is 19.2. The van der Waals surface area contributed by atoms with Crippen LogP contribution in [0.5, 0.6) is 0 Å². The number of carbonyl (C=O) groups excluding carboxylic acids is 1. The van der Waals surface area contributed by atoms with Crippen LogP contribution in [0, 0.1) is 10.1 Å². The molecule has 0 atom stereocenters. The predicted molar refractivity (Wildman–Crippen MR) is 97.5 cm³/mol. The molecule has 2 rings (SSSR count). The summed E-state index contributed by atoms with van der Waals surface area (Å²) in [5.41, 5.74) is 3.08. The molecule has 0 bridgehead atoms. The molecule has 1 amide bonds. The number of rotatable bonds is 7. The van der Waals surface area contributed by atoms with E-state index in [1.54, 1.807) is 30.3 Å². The van der Waals surface area contributed by atoms with Gasteiger partial charge in [-0.3, -0.25) is 19.2 Å². The van der Waals surface area contributed by atoms with Crippen molar-refractivity contribution in [3.63, 3.8) is 0 Å². The topological polar surface area (TPSA) is 122 Å². The van der Waals surface area contributed by atoms with E-state index in [1.165, 1.54) is 30.5 Å². The minimum absolute atomic E-state index is 0.0576. The van der Waals surface area contributed by atoms with Crippen molar-refractivity contribution in [3.05, 3.63) is 70.3 Å². The van der Waals surface area contributed by atoms with Gasteiger partial charge < -0.3 is 0 Å². The van der Waals surface area contributed by atoms with E-state index in [4.69, 9.17) is 0 Å². The van der Waals surface area contributed by atoms with Crippen LogP contribution in [0.2, 0.25) is 0 Å². The zero-order valence-electron chi connectivity index (χ0n) is 13.8. The molecular weight excluding hydrogens is 360 g/mol. The molecule has 0 unspecified atom stereocenters. The monoisotopic (exact) mass is 376 g/mol. The van der Waals surface area contributed by atoms with Gasteiger partial charge in [0.2, 0.25) is 10.0 Å². The number of amides is 1. The quantitative estimate of drug-likeness (QED) is 0.446. The van der Waals surface area contributed by atoms with E-state index >= 15 is 0 Å². The van der Waals surface area contributed by atoms with E-state index in [0.29, 0.717) is 11.3 Å². The maximum atomic E-state index is 12.0. The summed E-state index contributed by atoms with van der Waals surface area (Å²) in [4.78, 5) is 22.0. The molecule has 10 heteroatoms. The minimum Gasteiger partial charge on any atom is -0.271 e. The van der Waals surface area contributed by atoms with Gasteiger partial charge in [0.05, 0.1) is 23.1 Å². The van der Waals surface area contributed by atoms with Gasteiger partial charge in [-0.25, -0.2) is 13.8 Å². The van der Waals surface area contributed by atoms with E-state index in [2.05, 4.69) is 10.5 Å². The van der Waals surface area contributed by atoms with E-state index in [1.807, 2.05) is 0 Å². The molecule has 2 aromatic rings. The minimum atomic E-state index is -3.65. The van der Waals surface area contributed by atoms with Gasteiger partial charge in [0.1, 0.15) is 6.54 Å². The Hall–Kier alpha value is -3.27. The van der Waals surface area contributed by atoms with Gasteiger partial charge in [0.25, 0.3) is 11.6 Å². The van der Waals surface area contributed by atoms with Gasteiger partial charge in [0.15, 0.2) is 0 Å². The number of carbonyl (C=O) groups is 1. The zero-order valence-corrected chi connectivity index (χ0v) is 14.6. The molecule has 0 aliphatic carbocycles. The number of nitrogens with zero attached hydrogens (tertiary/aromatic N) is 3. The first-order valence-corrected chi connectivity index (χ1v) is 9.21. The van der Waals surface area contributed by atoms with E-state index in [-0.39, 0.29) is 5.69 Å². The Morgan fingerprint density at radius 2 is 1.81 bits per heavy atom. The van der Waals surface area contributed by atoms with Gasteiger partial charge in [0, 0.05) is 12.1 Å². The maximum absolute atomic E-state index is 12.0. The Balaban J connectivity index is 2.01. The first-order valence-electron chi connectivity index (χ1n) is 7.36. The van der Waals surface area contributed by atoms with E-state index in [9.17, 15) is 23.3 Å². The first kappa shape index (κ1) is 19.1. The SMILES string of the molecule is CS(=O)(=O)N(CC(=O)N/N=C\c1ccc([N+](=O)[O-])cc1)c1ccccc1. The predicted octanol–water partition coefficient (Wildman–Crippen LogP) is 1.51. The first-order chi connectivity index (χ1) is 12.3. The van der Waals surface area contributed by atoms with Gasteiger partial charge in [-0.15, -0.1) is 0 Å². The highest BCUT2D eigenvalue weighted by Gasteiger charge is 2.20. The van der Waals surface area contributed by atoms with Crippen molar-refractivity contribution in [3.8, 4) is 0 Å². The molecule has 0 heterocycles. The number of non-ortho nitro benzene ring substituents is 1.